The van der Waals surface area contributed by atoms with Crippen molar-refractivity contribution in [1.82, 2.24) is 35.3 Å². The predicted octanol–water partition coefficient (Wildman–Crippen LogP) is -0.786. The molecule has 0 bridgehead atoms. The third-order valence-electron chi connectivity index (χ3n) is 2.08. The number of amides is 1. The molecule has 8 heteroatoms. The summed E-state index contributed by atoms with van der Waals surface area (Å²) in [5.74, 6) is 1.15. The van der Waals surface area contributed by atoms with Gasteiger partial charge in [-0.2, -0.15) is 5.10 Å². The highest BCUT2D eigenvalue weighted by Crippen LogP contribution is 1.92. The van der Waals surface area contributed by atoms with Gasteiger partial charge in [-0.3, -0.25) is 14.6 Å². The topological polar surface area (TPSA) is 101 Å². The lowest BCUT2D eigenvalue weighted by molar-refractivity contribution is 0.0944. The molecule has 0 spiro atoms. The molecule has 0 unspecified atom stereocenters. The summed E-state index contributed by atoms with van der Waals surface area (Å²) in [5, 5.41) is 13.2. The second-order valence-electron chi connectivity index (χ2n) is 3.58. The number of H-pyrrole nitrogens is 1. The van der Waals surface area contributed by atoms with E-state index in [2.05, 4.69) is 30.6 Å². The number of rotatable bonds is 4. The first-order valence-electron chi connectivity index (χ1n) is 5.17. The van der Waals surface area contributed by atoms with Crippen LogP contribution in [0, 0.1) is 6.92 Å². The normalized spacial score (nSPS) is 10.5. The number of aromatic amines is 1. The maximum absolute atomic E-state index is 11.6. The van der Waals surface area contributed by atoms with Crippen molar-refractivity contribution in [3.63, 3.8) is 0 Å². The number of nitrogens with one attached hydrogen (secondary N) is 2. The maximum atomic E-state index is 11.6. The minimum atomic E-state index is -0.301. The van der Waals surface area contributed by atoms with E-state index in [1.807, 2.05) is 0 Å². The van der Waals surface area contributed by atoms with E-state index < -0.39 is 0 Å². The monoisotopic (exact) mass is 235 g/mol. The van der Waals surface area contributed by atoms with Gasteiger partial charge < -0.3 is 5.32 Å². The Morgan fingerprint density at radius 1 is 1.59 bits per heavy atom. The molecule has 1 amide bonds. The molecular formula is C9H13N7O. The van der Waals surface area contributed by atoms with Crippen molar-refractivity contribution in [2.24, 2.45) is 7.05 Å². The van der Waals surface area contributed by atoms with Crippen molar-refractivity contribution < 1.29 is 4.79 Å². The molecule has 2 heterocycles. The lowest BCUT2D eigenvalue weighted by Crippen LogP contribution is -2.27. The molecule has 2 aromatic rings. The Labute approximate surface area is 97.5 Å². The molecule has 0 atom stereocenters. The number of hydrogen-bond acceptors (Lipinski definition) is 5. The van der Waals surface area contributed by atoms with Gasteiger partial charge >= 0.3 is 0 Å². The lowest BCUT2D eigenvalue weighted by atomic mass is 10.4. The highest BCUT2D eigenvalue weighted by Gasteiger charge is 2.10. The molecule has 2 N–H and O–H groups in total. The summed E-state index contributed by atoms with van der Waals surface area (Å²) in [6, 6.07) is 0. The van der Waals surface area contributed by atoms with E-state index in [0.29, 0.717) is 24.6 Å². The summed E-state index contributed by atoms with van der Waals surface area (Å²) >= 11 is 0. The van der Waals surface area contributed by atoms with Gasteiger partial charge in [0.2, 0.25) is 5.82 Å². The van der Waals surface area contributed by atoms with Gasteiger partial charge in [0.15, 0.2) is 5.82 Å². The minimum absolute atomic E-state index is 0.150. The van der Waals surface area contributed by atoms with Gasteiger partial charge in [0.25, 0.3) is 5.91 Å². The Kier molecular flexibility index (Phi) is 3.12. The van der Waals surface area contributed by atoms with Gasteiger partial charge in [0.05, 0.1) is 0 Å². The molecule has 0 aliphatic heterocycles. The molecule has 0 aromatic carbocycles. The van der Waals surface area contributed by atoms with Crippen LogP contribution >= 0.6 is 0 Å². The van der Waals surface area contributed by atoms with Crippen LogP contribution in [0.25, 0.3) is 0 Å². The Balaban J connectivity index is 1.81. The van der Waals surface area contributed by atoms with Crippen LogP contribution in [-0.2, 0) is 13.5 Å². The fraction of sp³-hybridized carbons (Fsp3) is 0.444. The molecule has 2 aromatic heterocycles. The molecule has 0 saturated carbocycles. The van der Waals surface area contributed by atoms with E-state index in [4.69, 9.17) is 0 Å². The fourth-order valence-electron chi connectivity index (χ4n) is 1.31. The zero-order chi connectivity index (χ0) is 12.3. The first-order valence-corrected chi connectivity index (χ1v) is 5.17. The highest BCUT2D eigenvalue weighted by molar-refractivity contribution is 5.90. The maximum Gasteiger partial charge on any atom is 0.290 e. The molecule has 0 aliphatic carbocycles. The first kappa shape index (κ1) is 11.2. The van der Waals surface area contributed by atoms with E-state index in [0.717, 1.165) is 0 Å². The standard InChI is InChI=1S/C9H13N7O/c1-6-12-8(14-13-6)9(17)10-4-3-7-11-5-16(2)15-7/h5H,3-4H2,1-2H3,(H,10,17)(H,12,13,14). The number of aromatic nitrogens is 6. The average molecular weight is 235 g/mol. The Bertz CT molecular complexity index is 515. The molecule has 0 aliphatic rings. The largest absolute Gasteiger partial charge is 0.349 e. The van der Waals surface area contributed by atoms with Gasteiger partial charge in [0, 0.05) is 20.0 Å². The summed E-state index contributed by atoms with van der Waals surface area (Å²) in [6.07, 6.45) is 2.20. The van der Waals surface area contributed by atoms with Gasteiger partial charge in [-0.15, -0.1) is 5.10 Å². The van der Waals surface area contributed by atoms with Crippen LogP contribution in [0.2, 0.25) is 0 Å². The SMILES string of the molecule is Cc1nc(C(=O)NCCc2ncn(C)n2)n[nH]1. The van der Waals surface area contributed by atoms with E-state index in [9.17, 15) is 4.79 Å². The van der Waals surface area contributed by atoms with Crippen LogP contribution in [0.15, 0.2) is 6.33 Å². The summed E-state index contributed by atoms with van der Waals surface area (Å²) < 4.78 is 1.62. The highest BCUT2D eigenvalue weighted by atomic mass is 16.2. The van der Waals surface area contributed by atoms with Crippen LogP contribution in [0.3, 0.4) is 0 Å². The minimum Gasteiger partial charge on any atom is -0.349 e. The molecule has 2 rings (SSSR count). The van der Waals surface area contributed by atoms with Gasteiger partial charge in [-0.1, -0.05) is 0 Å². The number of nitrogens with zero attached hydrogens (tertiary/aromatic N) is 5. The molecule has 0 radical (unpaired) electrons. The van der Waals surface area contributed by atoms with Crippen molar-refractivity contribution in [3.8, 4) is 0 Å². The zero-order valence-corrected chi connectivity index (χ0v) is 9.64. The van der Waals surface area contributed by atoms with Crippen molar-refractivity contribution in [1.29, 1.82) is 0 Å². The average Bonchev–Trinajstić information content (AvgIpc) is 2.88. The summed E-state index contributed by atoms with van der Waals surface area (Å²) in [7, 11) is 1.80. The van der Waals surface area contributed by atoms with Gasteiger partial charge in [-0.25, -0.2) is 9.97 Å². The lowest BCUT2D eigenvalue weighted by Gasteiger charge is -1.99. The Morgan fingerprint density at radius 2 is 2.41 bits per heavy atom. The van der Waals surface area contributed by atoms with E-state index in [1.54, 1.807) is 25.0 Å². The van der Waals surface area contributed by atoms with Crippen molar-refractivity contribution in [3.05, 3.63) is 23.8 Å². The van der Waals surface area contributed by atoms with Gasteiger partial charge in [-0.05, 0) is 6.92 Å². The van der Waals surface area contributed by atoms with E-state index in [-0.39, 0.29) is 11.7 Å². The van der Waals surface area contributed by atoms with Crippen LogP contribution in [0.4, 0.5) is 0 Å². The summed E-state index contributed by atoms with van der Waals surface area (Å²) in [6.45, 7) is 2.19. The predicted molar refractivity (Wildman–Crippen MR) is 58.2 cm³/mol. The third kappa shape index (κ3) is 2.86. The van der Waals surface area contributed by atoms with Crippen molar-refractivity contribution in [2.75, 3.05) is 6.54 Å². The Hall–Kier alpha value is -2.25. The molecule has 0 saturated heterocycles. The number of carbonyl (C=O) groups is 1. The quantitative estimate of drug-likeness (QED) is 0.723. The summed E-state index contributed by atoms with van der Waals surface area (Å²) in [4.78, 5) is 19.5. The number of hydrogen-bond donors (Lipinski definition) is 2. The third-order valence-corrected chi connectivity index (χ3v) is 2.08. The van der Waals surface area contributed by atoms with E-state index >= 15 is 0 Å². The van der Waals surface area contributed by atoms with Crippen LogP contribution in [-0.4, -0.2) is 42.4 Å². The van der Waals surface area contributed by atoms with Crippen LogP contribution in [0.5, 0.6) is 0 Å². The van der Waals surface area contributed by atoms with Gasteiger partial charge in [0.1, 0.15) is 12.2 Å². The smallest absolute Gasteiger partial charge is 0.290 e. The van der Waals surface area contributed by atoms with Crippen LogP contribution < -0.4 is 5.32 Å². The number of carbonyl (C=O) groups excluding carboxylic acids is 1. The summed E-state index contributed by atoms with van der Waals surface area (Å²) in [5.41, 5.74) is 0. The fourth-order valence-corrected chi connectivity index (χ4v) is 1.31. The Morgan fingerprint density at radius 3 is 3.00 bits per heavy atom. The van der Waals surface area contributed by atoms with Crippen LogP contribution in [0.1, 0.15) is 22.3 Å². The molecule has 90 valence electrons. The second-order valence-corrected chi connectivity index (χ2v) is 3.58. The van der Waals surface area contributed by atoms with Crippen molar-refractivity contribution >= 4 is 5.91 Å². The molecule has 0 fully saturated rings. The van der Waals surface area contributed by atoms with E-state index in [1.165, 1.54) is 0 Å². The zero-order valence-electron chi connectivity index (χ0n) is 9.64. The number of aryl methyl sites for hydroxylation is 2. The second kappa shape index (κ2) is 4.73. The molecule has 17 heavy (non-hydrogen) atoms. The molecule has 8 nitrogen and oxygen atoms in total. The van der Waals surface area contributed by atoms with Crippen molar-refractivity contribution in [2.45, 2.75) is 13.3 Å². The molecular weight excluding hydrogens is 222 g/mol. The first-order chi connectivity index (χ1) is 8.15.